The molecule has 0 aliphatic carbocycles. The molecule has 0 radical (unpaired) electrons. The van der Waals surface area contributed by atoms with Gasteiger partial charge in [-0.15, -0.1) is 11.3 Å². The van der Waals surface area contributed by atoms with Crippen molar-refractivity contribution in [3.8, 4) is 22.0 Å². The van der Waals surface area contributed by atoms with Crippen molar-refractivity contribution in [1.82, 2.24) is 24.6 Å². The molecule has 0 aliphatic heterocycles. The van der Waals surface area contributed by atoms with E-state index in [2.05, 4.69) is 37.1 Å². The predicted molar refractivity (Wildman–Crippen MR) is 138 cm³/mol. The van der Waals surface area contributed by atoms with Gasteiger partial charge in [0.05, 0.1) is 12.0 Å². The fourth-order valence-corrected chi connectivity index (χ4v) is 3.64. The number of anilines is 1. The molecule has 3 rings (SSSR count). The van der Waals surface area contributed by atoms with Gasteiger partial charge in [0.1, 0.15) is 10.7 Å². The zero-order valence-electron chi connectivity index (χ0n) is 19.1. The highest BCUT2D eigenvalue weighted by atomic mass is 32.2. The fourth-order valence-electron chi connectivity index (χ4n) is 2.52. The summed E-state index contributed by atoms with van der Waals surface area (Å²) in [6.45, 7) is 3.80. The number of hydrogen-bond acceptors (Lipinski definition) is 9. The van der Waals surface area contributed by atoms with E-state index in [0.29, 0.717) is 18.9 Å². The van der Waals surface area contributed by atoms with Crippen LogP contribution < -0.4 is 10.0 Å². The number of benzene rings is 1. The molecular formula is C23H30N6O2S2. The third-order valence-corrected chi connectivity index (χ3v) is 5.76. The van der Waals surface area contributed by atoms with Crippen LogP contribution in [0, 0.1) is 0 Å². The SMILES string of the molecule is CC(=O)N(C)CCC=CO.CSNCCNc1nccc(-c2csc(-c3ccccc3)n2)n1. The number of carbonyl (C=O) groups is 1. The van der Waals surface area contributed by atoms with E-state index in [1.807, 2.05) is 35.9 Å². The molecule has 0 bridgehead atoms. The van der Waals surface area contributed by atoms with Crippen LogP contribution in [0.5, 0.6) is 0 Å². The molecule has 0 spiro atoms. The van der Waals surface area contributed by atoms with E-state index in [4.69, 9.17) is 5.11 Å². The van der Waals surface area contributed by atoms with Gasteiger partial charge >= 0.3 is 0 Å². The van der Waals surface area contributed by atoms with Crippen LogP contribution >= 0.6 is 23.3 Å². The number of amides is 1. The maximum Gasteiger partial charge on any atom is 0.223 e. The van der Waals surface area contributed by atoms with Crippen LogP contribution in [0.2, 0.25) is 0 Å². The van der Waals surface area contributed by atoms with Crippen LogP contribution in [0.3, 0.4) is 0 Å². The Kier molecular flexibility index (Phi) is 11.9. The van der Waals surface area contributed by atoms with E-state index >= 15 is 0 Å². The van der Waals surface area contributed by atoms with Crippen molar-refractivity contribution in [2.24, 2.45) is 0 Å². The number of hydrogen-bond donors (Lipinski definition) is 3. The van der Waals surface area contributed by atoms with Gasteiger partial charge in [-0.25, -0.2) is 15.0 Å². The normalized spacial score (nSPS) is 10.5. The second-order valence-electron chi connectivity index (χ2n) is 6.81. The molecule has 0 fully saturated rings. The molecule has 0 unspecified atom stereocenters. The number of aliphatic hydroxyl groups excluding tert-OH is 1. The average Bonchev–Trinajstić information content (AvgIpc) is 3.34. The van der Waals surface area contributed by atoms with Gasteiger partial charge in [0.15, 0.2) is 0 Å². The summed E-state index contributed by atoms with van der Waals surface area (Å²) >= 11 is 3.22. The van der Waals surface area contributed by atoms with E-state index in [-0.39, 0.29) is 5.91 Å². The first-order chi connectivity index (χ1) is 16.0. The quantitative estimate of drug-likeness (QED) is 0.219. The summed E-state index contributed by atoms with van der Waals surface area (Å²) in [5, 5.41) is 14.5. The van der Waals surface area contributed by atoms with Crippen molar-refractivity contribution in [2.45, 2.75) is 13.3 Å². The zero-order chi connectivity index (χ0) is 23.9. The maximum absolute atomic E-state index is 10.6. The Hall–Kier alpha value is -2.95. The Morgan fingerprint density at radius 2 is 1.97 bits per heavy atom. The second kappa shape index (κ2) is 15.0. The van der Waals surface area contributed by atoms with E-state index in [9.17, 15) is 4.79 Å². The molecule has 33 heavy (non-hydrogen) atoms. The molecule has 0 saturated carbocycles. The number of rotatable bonds is 10. The number of aliphatic hydroxyl groups is 1. The number of thiazole rings is 1. The molecule has 3 N–H and O–H groups in total. The summed E-state index contributed by atoms with van der Waals surface area (Å²) < 4.78 is 3.17. The van der Waals surface area contributed by atoms with Gasteiger partial charge in [0.25, 0.3) is 0 Å². The Bertz CT molecular complexity index is 997. The summed E-state index contributed by atoms with van der Waals surface area (Å²) in [6, 6.07) is 12.1. The van der Waals surface area contributed by atoms with Crippen LogP contribution in [0.1, 0.15) is 13.3 Å². The smallest absolute Gasteiger partial charge is 0.223 e. The summed E-state index contributed by atoms with van der Waals surface area (Å²) in [4.78, 5) is 25.6. The Labute approximate surface area is 203 Å². The van der Waals surface area contributed by atoms with Crippen LogP contribution in [0.15, 0.2) is 60.3 Å². The Balaban J connectivity index is 0.000000328. The lowest BCUT2D eigenvalue weighted by atomic mass is 10.2. The molecule has 3 aromatic rings. The lowest BCUT2D eigenvalue weighted by Gasteiger charge is -2.12. The van der Waals surface area contributed by atoms with Crippen LogP contribution in [0.25, 0.3) is 22.0 Å². The standard InChI is InChI=1S/C16H17N5S2.C7H13NO2/c1-22-19-10-9-18-16-17-8-7-13(21-16)14-11-23-15(20-14)12-5-3-2-4-6-12;1-7(10)8(2)5-3-4-6-9/h2-8,11,19H,9-10H2,1H3,(H,17,18,21);4,6,9H,3,5H2,1-2H3. The van der Waals surface area contributed by atoms with E-state index in [1.165, 1.54) is 6.92 Å². The van der Waals surface area contributed by atoms with E-state index in [1.54, 1.807) is 47.5 Å². The molecule has 2 heterocycles. The minimum atomic E-state index is 0.0475. The molecule has 0 atom stereocenters. The van der Waals surface area contributed by atoms with Crippen molar-refractivity contribution < 1.29 is 9.90 Å². The highest BCUT2D eigenvalue weighted by molar-refractivity contribution is 7.96. The molecule has 2 aromatic heterocycles. The van der Waals surface area contributed by atoms with Crippen LogP contribution in [0.4, 0.5) is 5.95 Å². The van der Waals surface area contributed by atoms with Gasteiger partial charge in [-0.1, -0.05) is 42.3 Å². The van der Waals surface area contributed by atoms with E-state index in [0.717, 1.165) is 41.3 Å². The summed E-state index contributed by atoms with van der Waals surface area (Å²) in [5.41, 5.74) is 2.83. The maximum atomic E-state index is 10.6. The van der Waals surface area contributed by atoms with Gasteiger partial charge in [-0.2, -0.15) is 0 Å². The van der Waals surface area contributed by atoms with Gasteiger partial charge in [-0.3, -0.25) is 9.52 Å². The highest BCUT2D eigenvalue weighted by Crippen LogP contribution is 2.27. The summed E-state index contributed by atoms with van der Waals surface area (Å²) in [6.07, 6.45) is 7.07. The lowest BCUT2D eigenvalue weighted by molar-refractivity contribution is -0.127. The Morgan fingerprint density at radius 1 is 1.18 bits per heavy atom. The second-order valence-corrected chi connectivity index (χ2v) is 8.36. The predicted octanol–water partition coefficient (Wildman–Crippen LogP) is 4.47. The lowest BCUT2D eigenvalue weighted by Crippen LogP contribution is -2.24. The monoisotopic (exact) mass is 486 g/mol. The number of carbonyl (C=O) groups excluding carboxylic acids is 1. The molecule has 1 amide bonds. The van der Waals surface area contributed by atoms with E-state index < -0.39 is 0 Å². The van der Waals surface area contributed by atoms with Gasteiger partial charge in [-0.05, 0) is 24.8 Å². The van der Waals surface area contributed by atoms with Gasteiger partial charge in [0.2, 0.25) is 11.9 Å². The number of nitrogens with one attached hydrogen (secondary N) is 2. The molecular weight excluding hydrogens is 456 g/mol. The minimum absolute atomic E-state index is 0.0475. The molecule has 8 nitrogen and oxygen atoms in total. The highest BCUT2D eigenvalue weighted by Gasteiger charge is 2.08. The molecule has 176 valence electrons. The van der Waals surface area contributed by atoms with Crippen LogP contribution in [-0.2, 0) is 4.79 Å². The summed E-state index contributed by atoms with van der Waals surface area (Å²) in [7, 11) is 1.73. The number of aromatic nitrogens is 3. The topological polar surface area (TPSA) is 103 Å². The fraction of sp³-hybridized carbons (Fsp3) is 0.304. The third kappa shape index (κ3) is 9.60. The molecule has 0 aliphatic rings. The summed E-state index contributed by atoms with van der Waals surface area (Å²) in [5.74, 6) is 0.672. The van der Waals surface area contributed by atoms with Gasteiger partial charge in [0, 0.05) is 50.7 Å². The minimum Gasteiger partial charge on any atom is -0.516 e. The first-order valence-corrected chi connectivity index (χ1v) is 12.5. The van der Waals surface area contributed by atoms with Gasteiger partial charge < -0.3 is 15.3 Å². The first-order valence-electron chi connectivity index (χ1n) is 10.4. The molecule has 10 heteroatoms. The largest absolute Gasteiger partial charge is 0.516 e. The average molecular weight is 487 g/mol. The molecule has 0 saturated heterocycles. The van der Waals surface area contributed by atoms with Crippen molar-refractivity contribution in [1.29, 1.82) is 0 Å². The molecule has 1 aromatic carbocycles. The zero-order valence-corrected chi connectivity index (χ0v) is 20.7. The van der Waals surface area contributed by atoms with Crippen LogP contribution in [-0.4, -0.2) is 63.8 Å². The van der Waals surface area contributed by atoms with Crippen molar-refractivity contribution in [2.75, 3.05) is 38.3 Å². The van der Waals surface area contributed by atoms with Crippen molar-refractivity contribution in [3.63, 3.8) is 0 Å². The van der Waals surface area contributed by atoms with Crippen molar-refractivity contribution >= 4 is 35.1 Å². The Morgan fingerprint density at radius 3 is 2.67 bits per heavy atom. The first kappa shape index (κ1) is 26.3. The van der Waals surface area contributed by atoms with Crippen molar-refractivity contribution in [3.05, 3.63) is 60.3 Å². The third-order valence-electron chi connectivity index (χ3n) is 4.37. The number of nitrogens with zero attached hydrogens (tertiary/aromatic N) is 4.